The number of alkyl halides is 1. The van der Waals surface area contributed by atoms with Gasteiger partial charge >= 0.3 is 0 Å². The molecule has 2 atom stereocenters. The highest BCUT2D eigenvalue weighted by molar-refractivity contribution is 14.1. The lowest BCUT2D eigenvalue weighted by atomic mass is 10.0. The average molecular weight is 408 g/mol. The van der Waals surface area contributed by atoms with Crippen molar-refractivity contribution in [3.05, 3.63) is 60.7 Å². The van der Waals surface area contributed by atoms with E-state index in [2.05, 4.69) is 90.2 Å². The van der Waals surface area contributed by atoms with Gasteiger partial charge in [-0.2, -0.15) is 0 Å². The average Bonchev–Trinajstić information content (AvgIpc) is 2.57. The standard InChI is InChI=1S/C18H21IOSi/c1-15-12-13-21(20-18(15)14-19,16-8-4-2-5-9-16)17-10-6-3-7-11-17/h2-11,15,18H,12-14H2,1H3. The van der Waals surface area contributed by atoms with E-state index in [-0.39, 0.29) is 0 Å². The van der Waals surface area contributed by atoms with Crippen LogP contribution in [0.2, 0.25) is 6.04 Å². The molecule has 1 fully saturated rings. The van der Waals surface area contributed by atoms with Gasteiger partial charge in [0.15, 0.2) is 0 Å². The second kappa shape index (κ2) is 6.63. The molecule has 0 aromatic heterocycles. The minimum atomic E-state index is -2.07. The first kappa shape index (κ1) is 15.3. The SMILES string of the molecule is CC1CC[Si](c2ccccc2)(c2ccccc2)OC1CI. The van der Waals surface area contributed by atoms with Crippen LogP contribution in [0.3, 0.4) is 0 Å². The van der Waals surface area contributed by atoms with Crippen LogP contribution in [0.5, 0.6) is 0 Å². The molecule has 0 bridgehead atoms. The lowest BCUT2D eigenvalue weighted by molar-refractivity contribution is 0.138. The van der Waals surface area contributed by atoms with Crippen LogP contribution >= 0.6 is 22.6 Å². The molecule has 1 saturated heterocycles. The van der Waals surface area contributed by atoms with Crippen LogP contribution < -0.4 is 10.4 Å². The van der Waals surface area contributed by atoms with E-state index in [0.717, 1.165) is 4.43 Å². The smallest absolute Gasteiger partial charge is 0.256 e. The molecule has 3 rings (SSSR count). The molecule has 1 aliphatic rings. The third-order valence-corrected chi connectivity index (χ3v) is 9.67. The normalized spacial score (nSPS) is 24.7. The van der Waals surface area contributed by atoms with Gasteiger partial charge in [0.1, 0.15) is 0 Å². The fourth-order valence-corrected chi connectivity index (χ4v) is 9.08. The lowest BCUT2D eigenvalue weighted by Gasteiger charge is -2.43. The van der Waals surface area contributed by atoms with Gasteiger partial charge in [0.25, 0.3) is 8.32 Å². The lowest BCUT2D eigenvalue weighted by Crippen LogP contribution is -2.65. The molecule has 2 aromatic carbocycles. The van der Waals surface area contributed by atoms with Gasteiger partial charge in [0.05, 0.1) is 6.10 Å². The van der Waals surface area contributed by atoms with Gasteiger partial charge in [-0.1, -0.05) is 90.2 Å². The molecule has 0 aliphatic carbocycles. The Morgan fingerprint density at radius 3 is 2.00 bits per heavy atom. The van der Waals surface area contributed by atoms with Crippen molar-refractivity contribution in [2.75, 3.05) is 4.43 Å². The van der Waals surface area contributed by atoms with Crippen molar-refractivity contribution in [2.45, 2.75) is 25.5 Å². The quantitative estimate of drug-likeness (QED) is 0.429. The monoisotopic (exact) mass is 408 g/mol. The molecular formula is C18H21IOSi. The zero-order chi connectivity index (χ0) is 14.7. The molecule has 1 heterocycles. The van der Waals surface area contributed by atoms with Crippen LogP contribution in [0.15, 0.2) is 60.7 Å². The molecule has 1 aliphatic heterocycles. The number of hydrogen-bond acceptors (Lipinski definition) is 1. The number of rotatable bonds is 3. The maximum atomic E-state index is 6.84. The Morgan fingerprint density at radius 1 is 1.00 bits per heavy atom. The predicted molar refractivity (Wildman–Crippen MR) is 100 cm³/mol. The third kappa shape index (κ3) is 2.96. The first-order chi connectivity index (χ1) is 10.3. The Labute approximate surface area is 142 Å². The minimum Gasteiger partial charge on any atom is -0.404 e. The topological polar surface area (TPSA) is 9.23 Å². The van der Waals surface area contributed by atoms with E-state index in [9.17, 15) is 0 Å². The summed E-state index contributed by atoms with van der Waals surface area (Å²) >= 11 is 2.47. The maximum absolute atomic E-state index is 6.84. The van der Waals surface area contributed by atoms with Crippen molar-refractivity contribution >= 4 is 41.3 Å². The summed E-state index contributed by atoms with van der Waals surface area (Å²) in [5.74, 6) is 0.662. The fourth-order valence-electron chi connectivity index (χ4n) is 3.24. The Balaban J connectivity index is 2.08. The fraction of sp³-hybridized carbons (Fsp3) is 0.333. The van der Waals surface area contributed by atoms with Crippen LogP contribution in [0.1, 0.15) is 13.3 Å². The molecule has 0 radical (unpaired) electrons. The van der Waals surface area contributed by atoms with Crippen LogP contribution in [-0.2, 0) is 4.43 Å². The van der Waals surface area contributed by atoms with Gasteiger partial charge in [-0.3, -0.25) is 0 Å². The zero-order valence-electron chi connectivity index (χ0n) is 12.3. The van der Waals surface area contributed by atoms with E-state index in [1.165, 1.54) is 22.8 Å². The summed E-state index contributed by atoms with van der Waals surface area (Å²) in [6.07, 6.45) is 1.65. The molecule has 0 spiro atoms. The minimum absolute atomic E-state index is 0.381. The van der Waals surface area contributed by atoms with Crippen molar-refractivity contribution in [2.24, 2.45) is 5.92 Å². The summed E-state index contributed by atoms with van der Waals surface area (Å²) in [6.45, 7) is 2.33. The van der Waals surface area contributed by atoms with E-state index < -0.39 is 8.32 Å². The summed E-state index contributed by atoms with van der Waals surface area (Å²) in [5.41, 5.74) is 0. The Morgan fingerprint density at radius 2 is 1.52 bits per heavy atom. The molecule has 21 heavy (non-hydrogen) atoms. The molecule has 0 amide bonds. The molecule has 3 heteroatoms. The van der Waals surface area contributed by atoms with Gasteiger partial charge in [0.2, 0.25) is 0 Å². The molecule has 2 aromatic rings. The Kier molecular flexibility index (Phi) is 4.81. The highest BCUT2D eigenvalue weighted by Gasteiger charge is 2.45. The number of hydrogen-bond donors (Lipinski definition) is 0. The van der Waals surface area contributed by atoms with E-state index >= 15 is 0 Å². The van der Waals surface area contributed by atoms with E-state index in [1.807, 2.05) is 0 Å². The number of benzene rings is 2. The van der Waals surface area contributed by atoms with Crippen molar-refractivity contribution in [3.63, 3.8) is 0 Å². The van der Waals surface area contributed by atoms with Crippen LogP contribution in [-0.4, -0.2) is 18.8 Å². The van der Waals surface area contributed by atoms with Crippen LogP contribution in [0, 0.1) is 5.92 Å². The molecular weight excluding hydrogens is 387 g/mol. The highest BCUT2D eigenvalue weighted by atomic mass is 127. The zero-order valence-corrected chi connectivity index (χ0v) is 15.5. The van der Waals surface area contributed by atoms with E-state index in [4.69, 9.17) is 4.43 Å². The van der Waals surface area contributed by atoms with E-state index in [0.29, 0.717) is 12.0 Å². The first-order valence-corrected chi connectivity index (χ1v) is 11.3. The second-order valence-electron chi connectivity index (χ2n) is 5.89. The number of halogens is 1. The summed E-state index contributed by atoms with van der Waals surface area (Å²) < 4.78 is 7.92. The summed E-state index contributed by atoms with van der Waals surface area (Å²) in [5, 5.41) is 2.83. The van der Waals surface area contributed by atoms with Crippen LogP contribution in [0.4, 0.5) is 0 Å². The van der Waals surface area contributed by atoms with Crippen molar-refractivity contribution in [1.29, 1.82) is 0 Å². The van der Waals surface area contributed by atoms with Crippen molar-refractivity contribution in [3.8, 4) is 0 Å². The maximum Gasteiger partial charge on any atom is 0.256 e. The summed E-state index contributed by atoms with van der Waals surface area (Å²) in [4.78, 5) is 0. The Hall–Kier alpha value is -0.653. The third-order valence-electron chi connectivity index (χ3n) is 4.57. The largest absolute Gasteiger partial charge is 0.404 e. The van der Waals surface area contributed by atoms with Crippen molar-refractivity contribution < 1.29 is 4.43 Å². The van der Waals surface area contributed by atoms with Gasteiger partial charge in [-0.15, -0.1) is 0 Å². The van der Waals surface area contributed by atoms with Gasteiger partial charge < -0.3 is 4.43 Å². The predicted octanol–water partition coefficient (Wildman–Crippen LogP) is 3.61. The second-order valence-corrected chi connectivity index (χ2v) is 10.3. The molecule has 0 saturated carbocycles. The molecule has 1 nitrogen and oxygen atoms in total. The summed E-state index contributed by atoms with van der Waals surface area (Å²) in [6, 6.07) is 23.0. The van der Waals surface area contributed by atoms with E-state index in [1.54, 1.807) is 0 Å². The van der Waals surface area contributed by atoms with Gasteiger partial charge in [-0.05, 0) is 28.8 Å². The highest BCUT2D eigenvalue weighted by Crippen LogP contribution is 2.31. The molecule has 110 valence electrons. The molecule has 2 unspecified atom stereocenters. The summed E-state index contributed by atoms with van der Waals surface area (Å²) in [7, 11) is -2.07. The Bertz CT molecular complexity index is 533. The van der Waals surface area contributed by atoms with Gasteiger partial charge in [-0.25, -0.2) is 0 Å². The molecule has 0 N–H and O–H groups in total. The van der Waals surface area contributed by atoms with Gasteiger partial charge in [0, 0.05) is 4.43 Å². The first-order valence-electron chi connectivity index (χ1n) is 7.61. The van der Waals surface area contributed by atoms with Crippen LogP contribution in [0.25, 0.3) is 0 Å². The van der Waals surface area contributed by atoms with Crippen molar-refractivity contribution in [1.82, 2.24) is 0 Å².